The monoisotopic (exact) mass is 336 g/mol. The molecule has 1 aromatic heterocycles. The SMILES string of the molecule is COCCNS(=O)(=O)c1cc(C(=O)O)cc(-c2ccncc2)c1. The fourth-order valence-electron chi connectivity index (χ4n) is 1.95. The van der Waals surface area contributed by atoms with Gasteiger partial charge in [0.25, 0.3) is 0 Å². The van der Waals surface area contributed by atoms with Gasteiger partial charge in [-0.15, -0.1) is 0 Å². The van der Waals surface area contributed by atoms with Gasteiger partial charge >= 0.3 is 5.97 Å². The van der Waals surface area contributed by atoms with E-state index < -0.39 is 16.0 Å². The van der Waals surface area contributed by atoms with Crippen LogP contribution in [0.1, 0.15) is 10.4 Å². The lowest BCUT2D eigenvalue weighted by Gasteiger charge is -2.10. The van der Waals surface area contributed by atoms with Crippen LogP contribution in [-0.2, 0) is 14.8 Å². The van der Waals surface area contributed by atoms with Crippen LogP contribution in [0, 0.1) is 0 Å². The Morgan fingerprint density at radius 2 is 1.91 bits per heavy atom. The summed E-state index contributed by atoms with van der Waals surface area (Å²) in [6, 6.07) is 7.33. The zero-order valence-corrected chi connectivity index (χ0v) is 13.2. The molecule has 2 N–H and O–H groups in total. The number of methoxy groups -OCH3 is 1. The molecule has 0 saturated carbocycles. The highest BCUT2D eigenvalue weighted by molar-refractivity contribution is 7.89. The summed E-state index contributed by atoms with van der Waals surface area (Å²) in [7, 11) is -2.37. The molecule has 2 aromatic rings. The number of carboxylic acids is 1. The average Bonchev–Trinajstić information content (AvgIpc) is 2.55. The molecule has 0 atom stereocenters. The third-order valence-corrected chi connectivity index (χ3v) is 4.52. The number of nitrogens with zero attached hydrogens (tertiary/aromatic N) is 1. The molecule has 0 aliphatic heterocycles. The summed E-state index contributed by atoms with van der Waals surface area (Å²) in [6.45, 7) is 0.315. The molecule has 7 nitrogen and oxygen atoms in total. The Bertz CT molecular complexity index is 791. The molecule has 0 amide bonds. The first-order valence-corrected chi connectivity index (χ1v) is 8.20. The quantitative estimate of drug-likeness (QED) is 0.740. The van der Waals surface area contributed by atoms with Crippen LogP contribution in [0.15, 0.2) is 47.6 Å². The average molecular weight is 336 g/mol. The number of benzene rings is 1. The molecule has 0 saturated heterocycles. The van der Waals surface area contributed by atoms with Gasteiger partial charge in [-0.1, -0.05) is 0 Å². The molecule has 0 aliphatic carbocycles. The molecule has 0 aliphatic rings. The van der Waals surface area contributed by atoms with Crippen molar-refractivity contribution in [1.29, 1.82) is 0 Å². The van der Waals surface area contributed by atoms with Gasteiger partial charge in [0.2, 0.25) is 10.0 Å². The summed E-state index contributed by atoms with van der Waals surface area (Å²) in [6.07, 6.45) is 3.10. The molecule has 0 bridgehead atoms. The highest BCUT2D eigenvalue weighted by atomic mass is 32.2. The number of rotatable bonds is 7. The molecule has 8 heteroatoms. The Balaban J connectivity index is 2.48. The molecule has 0 spiro atoms. The zero-order valence-electron chi connectivity index (χ0n) is 12.4. The Morgan fingerprint density at radius 3 is 2.52 bits per heavy atom. The van der Waals surface area contributed by atoms with Crippen molar-refractivity contribution < 1.29 is 23.1 Å². The molecular formula is C15H16N2O5S. The van der Waals surface area contributed by atoms with Crippen molar-refractivity contribution in [2.75, 3.05) is 20.3 Å². The number of hydrogen-bond acceptors (Lipinski definition) is 5. The fraction of sp³-hybridized carbons (Fsp3) is 0.200. The molecule has 23 heavy (non-hydrogen) atoms. The van der Waals surface area contributed by atoms with Crippen LogP contribution in [0.5, 0.6) is 0 Å². The third kappa shape index (κ3) is 4.35. The molecular weight excluding hydrogens is 320 g/mol. The lowest BCUT2D eigenvalue weighted by molar-refractivity contribution is 0.0696. The van der Waals surface area contributed by atoms with Gasteiger partial charge in [0.05, 0.1) is 17.1 Å². The number of pyridine rings is 1. The van der Waals surface area contributed by atoms with E-state index in [1.807, 2.05) is 0 Å². The van der Waals surface area contributed by atoms with Crippen molar-refractivity contribution in [3.63, 3.8) is 0 Å². The zero-order chi connectivity index (χ0) is 16.9. The summed E-state index contributed by atoms with van der Waals surface area (Å²) < 4.78 is 31.7. The fourth-order valence-corrected chi connectivity index (χ4v) is 3.03. The van der Waals surface area contributed by atoms with E-state index in [1.165, 1.54) is 19.2 Å². The van der Waals surface area contributed by atoms with Crippen molar-refractivity contribution in [1.82, 2.24) is 9.71 Å². The number of ether oxygens (including phenoxy) is 1. The number of carboxylic acid groups (broad SMARTS) is 1. The van der Waals surface area contributed by atoms with Crippen LogP contribution >= 0.6 is 0 Å². The third-order valence-electron chi connectivity index (χ3n) is 3.08. The Kier molecular flexibility index (Phi) is 5.43. The van der Waals surface area contributed by atoms with Gasteiger partial charge in [0, 0.05) is 26.0 Å². The summed E-state index contributed by atoms with van der Waals surface area (Å²) in [5.41, 5.74) is 1.06. The molecule has 2 rings (SSSR count). The molecule has 1 heterocycles. The second-order valence-corrected chi connectivity index (χ2v) is 6.44. The minimum Gasteiger partial charge on any atom is -0.478 e. The van der Waals surface area contributed by atoms with Gasteiger partial charge in [0.15, 0.2) is 0 Å². The van der Waals surface area contributed by atoms with E-state index in [4.69, 9.17) is 4.74 Å². The van der Waals surface area contributed by atoms with E-state index in [-0.39, 0.29) is 23.6 Å². The van der Waals surface area contributed by atoms with Crippen molar-refractivity contribution in [3.05, 3.63) is 48.3 Å². The second-order valence-electron chi connectivity index (χ2n) is 4.68. The first-order valence-electron chi connectivity index (χ1n) is 6.71. The predicted molar refractivity (Wildman–Crippen MR) is 83.7 cm³/mol. The van der Waals surface area contributed by atoms with Crippen molar-refractivity contribution in [2.24, 2.45) is 0 Å². The number of sulfonamides is 1. The topological polar surface area (TPSA) is 106 Å². The van der Waals surface area contributed by atoms with Crippen LogP contribution in [0.2, 0.25) is 0 Å². The second kappa shape index (κ2) is 7.32. The molecule has 0 fully saturated rings. The summed E-state index contributed by atoms with van der Waals surface area (Å²) >= 11 is 0. The number of carbonyl (C=O) groups is 1. The van der Waals surface area contributed by atoms with E-state index >= 15 is 0 Å². The molecule has 0 unspecified atom stereocenters. The molecule has 0 radical (unpaired) electrons. The number of aromatic nitrogens is 1. The molecule has 122 valence electrons. The largest absolute Gasteiger partial charge is 0.478 e. The first-order chi connectivity index (χ1) is 10.9. The van der Waals surface area contributed by atoms with Crippen molar-refractivity contribution >= 4 is 16.0 Å². The van der Waals surface area contributed by atoms with Crippen LogP contribution < -0.4 is 4.72 Å². The Morgan fingerprint density at radius 1 is 1.22 bits per heavy atom. The van der Waals surface area contributed by atoms with Crippen LogP contribution in [0.3, 0.4) is 0 Å². The minimum atomic E-state index is -3.83. The first kappa shape index (κ1) is 17.1. The van der Waals surface area contributed by atoms with Gasteiger partial charge in [-0.25, -0.2) is 17.9 Å². The van der Waals surface area contributed by atoms with Crippen LogP contribution in [-0.4, -0.2) is 44.7 Å². The predicted octanol–water partition coefficient (Wildman–Crippen LogP) is 1.37. The number of hydrogen-bond donors (Lipinski definition) is 2. The van der Waals surface area contributed by atoms with E-state index in [0.29, 0.717) is 11.1 Å². The van der Waals surface area contributed by atoms with Crippen LogP contribution in [0.25, 0.3) is 11.1 Å². The Hall–Kier alpha value is -2.29. The maximum absolute atomic E-state index is 12.3. The lowest BCUT2D eigenvalue weighted by Crippen LogP contribution is -2.27. The van der Waals surface area contributed by atoms with Gasteiger partial charge in [-0.05, 0) is 41.5 Å². The van der Waals surface area contributed by atoms with E-state index in [9.17, 15) is 18.3 Å². The number of nitrogens with one attached hydrogen (secondary N) is 1. The summed E-state index contributed by atoms with van der Waals surface area (Å²) in [5, 5.41) is 9.21. The van der Waals surface area contributed by atoms with Gasteiger partial charge in [-0.3, -0.25) is 4.98 Å². The van der Waals surface area contributed by atoms with E-state index in [1.54, 1.807) is 24.5 Å². The smallest absolute Gasteiger partial charge is 0.335 e. The minimum absolute atomic E-state index is 0.0979. The van der Waals surface area contributed by atoms with E-state index in [0.717, 1.165) is 6.07 Å². The summed E-state index contributed by atoms with van der Waals surface area (Å²) in [4.78, 5) is 15.1. The van der Waals surface area contributed by atoms with Gasteiger partial charge in [0.1, 0.15) is 0 Å². The normalized spacial score (nSPS) is 11.3. The van der Waals surface area contributed by atoms with Gasteiger partial charge in [-0.2, -0.15) is 0 Å². The van der Waals surface area contributed by atoms with E-state index in [2.05, 4.69) is 9.71 Å². The van der Waals surface area contributed by atoms with Gasteiger partial charge < -0.3 is 9.84 Å². The van der Waals surface area contributed by atoms with Crippen LogP contribution in [0.4, 0.5) is 0 Å². The number of aromatic carboxylic acids is 1. The van der Waals surface area contributed by atoms with Crippen molar-refractivity contribution in [2.45, 2.75) is 4.90 Å². The Labute approximate surface area is 134 Å². The maximum Gasteiger partial charge on any atom is 0.335 e. The molecule has 1 aromatic carbocycles. The van der Waals surface area contributed by atoms with Crippen molar-refractivity contribution in [3.8, 4) is 11.1 Å². The standard InChI is InChI=1S/C15H16N2O5S/c1-22-7-6-17-23(20,21)14-9-12(8-13(10-14)15(18)19)11-2-4-16-5-3-11/h2-5,8-10,17H,6-7H2,1H3,(H,18,19). The highest BCUT2D eigenvalue weighted by Gasteiger charge is 2.18. The maximum atomic E-state index is 12.3. The highest BCUT2D eigenvalue weighted by Crippen LogP contribution is 2.24. The lowest BCUT2D eigenvalue weighted by atomic mass is 10.0. The summed E-state index contributed by atoms with van der Waals surface area (Å²) in [5.74, 6) is -1.20.